The van der Waals surface area contributed by atoms with Crippen LogP contribution in [-0.4, -0.2) is 15.6 Å². The predicted octanol–water partition coefficient (Wildman–Crippen LogP) is 2.74. The fourth-order valence-electron chi connectivity index (χ4n) is 1.99. The van der Waals surface area contributed by atoms with Gasteiger partial charge in [0.2, 0.25) is 5.43 Å². The zero-order valence-corrected chi connectivity index (χ0v) is 10.4. The average Bonchev–Trinajstić information content (AvgIpc) is 2.37. The van der Waals surface area contributed by atoms with Crippen molar-refractivity contribution in [2.24, 2.45) is 0 Å². The molecule has 0 atom stereocenters. The molecule has 4 nitrogen and oxygen atoms in total. The van der Waals surface area contributed by atoms with E-state index < -0.39 is 28.7 Å². The largest absolute Gasteiger partial charge is 0.477 e. The molecule has 0 unspecified atom stereocenters. The van der Waals surface area contributed by atoms with Crippen LogP contribution in [0.5, 0.6) is 0 Å². The van der Waals surface area contributed by atoms with Crippen molar-refractivity contribution in [2.45, 2.75) is 19.6 Å². The van der Waals surface area contributed by atoms with Gasteiger partial charge in [0.25, 0.3) is 0 Å². The van der Waals surface area contributed by atoms with E-state index in [1.165, 1.54) is 10.6 Å². The van der Waals surface area contributed by atoms with Crippen molar-refractivity contribution in [3.05, 3.63) is 45.7 Å². The van der Waals surface area contributed by atoms with Gasteiger partial charge in [0.15, 0.2) is 0 Å². The summed E-state index contributed by atoms with van der Waals surface area (Å²) in [4.78, 5) is 22.9. The van der Waals surface area contributed by atoms with Gasteiger partial charge >= 0.3 is 12.1 Å². The summed E-state index contributed by atoms with van der Waals surface area (Å²) in [5.74, 6) is -1.46. The Bertz CT molecular complexity index is 747. The van der Waals surface area contributed by atoms with E-state index in [-0.39, 0.29) is 10.9 Å². The Morgan fingerprint density at radius 3 is 2.50 bits per heavy atom. The molecule has 0 amide bonds. The van der Waals surface area contributed by atoms with E-state index in [9.17, 15) is 22.8 Å². The van der Waals surface area contributed by atoms with Crippen LogP contribution in [0.3, 0.4) is 0 Å². The zero-order valence-electron chi connectivity index (χ0n) is 10.4. The SMILES string of the molecule is CCn1cc(C(=O)O)c(=O)c2cc(C(F)(F)F)ccc21. The minimum atomic E-state index is -4.59. The number of nitrogens with zero attached hydrogens (tertiary/aromatic N) is 1. The van der Waals surface area contributed by atoms with E-state index in [1.54, 1.807) is 6.92 Å². The third-order valence-corrected chi connectivity index (χ3v) is 2.98. The fraction of sp³-hybridized carbons (Fsp3) is 0.231. The Labute approximate surface area is 111 Å². The minimum absolute atomic E-state index is 0.249. The molecule has 0 fully saturated rings. The maximum absolute atomic E-state index is 12.7. The first-order valence-electron chi connectivity index (χ1n) is 5.73. The Kier molecular flexibility index (Phi) is 3.29. The molecule has 7 heteroatoms. The first-order chi connectivity index (χ1) is 9.25. The molecule has 0 aliphatic carbocycles. The Morgan fingerprint density at radius 2 is 2.00 bits per heavy atom. The van der Waals surface area contributed by atoms with Gasteiger partial charge in [-0.25, -0.2) is 4.79 Å². The van der Waals surface area contributed by atoms with Gasteiger partial charge in [-0.1, -0.05) is 0 Å². The lowest BCUT2D eigenvalue weighted by Gasteiger charge is -2.12. The molecule has 0 radical (unpaired) electrons. The number of carboxylic acid groups (broad SMARTS) is 1. The highest BCUT2D eigenvalue weighted by atomic mass is 19.4. The van der Waals surface area contributed by atoms with E-state index in [1.807, 2.05) is 0 Å². The average molecular weight is 285 g/mol. The quantitative estimate of drug-likeness (QED) is 0.923. The number of hydrogen-bond acceptors (Lipinski definition) is 2. The molecule has 1 heterocycles. The highest BCUT2D eigenvalue weighted by molar-refractivity contribution is 5.92. The maximum Gasteiger partial charge on any atom is 0.416 e. The smallest absolute Gasteiger partial charge is 0.416 e. The molecular weight excluding hydrogens is 275 g/mol. The molecule has 2 aromatic rings. The molecule has 0 bridgehead atoms. The number of benzene rings is 1. The summed E-state index contributed by atoms with van der Waals surface area (Å²) < 4.78 is 39.4. The summed E-state index contributed by atoms with van der Waals surface area (Å²) in [5.41, 5.74) is -2.16. The Balaban J connectivity index is 2.89. The van der Waals surface area contributed by atoms with Crippen molar-refractivity contribution < 1.29 is 23.1 Å². The number of hydrogen-bond donors (Lipinski definition) is 1. The Hall–Kier alpha value is -2.31. The number of aromatic nitrogens is 1. The minimum Gasteiger partial charge on any atom is -0.477 e. The topological polar surface area (TPSA) is 59.3 Å². The molecule has 1 aromatic carbocycles. The molecule has 2 rings (SSSR count). The number of halogens is 3. The highest BCUT2D eigenvalue weighted by Crippen LogP contribution is 2.30. The van der Waals surface area contributed by atoms with Crippen LogP contribution in [0, 0.1) is 0 Å². The highest BCUT2D eigenvalue weighted by Gasteiger charge is 2.31. The third kappa shape index (κ3) is 2.26. The molecule has 0 aliphatic rings. The number of aromatic carboxylic acids is 1. The van der Waals surface area contributed by atoms with E-state index in [4.69, 9.17) is 5.11 Å². The van der Waals surface area contributed by atoms with Crippen molar-refractivity contribution in [2.75, 3.05) is 0 Å². The lowest BCUT2D eigenvalue weighted by molar-refractivity contribution is -0.137. The van der Waals surface area contributed by atoms with E-state index in [0.717, 1.165) is 12.3 Å². The van der Waals surface area contributed by atoms with E-state index in [0.29, 0.717) is 12.6 Å². The molecule has 0 saturated heterocycles. The standard InChI is InChI=1S/C13H10F3NO3/c1-2-17-6-9(12(19)20)11(18)8-5-7(13(14,15)16)3-4-10(8)17/h3-6H,2H2,1H3,(H,19,20). The van der Waals surface area contributed by atoms with Crippen LogP contribution in [0.2, 0.25) is 0 Å². The number of carboxylic acids is 1. The van der Waals surface area contributed by atoms with Crippen LogP contribution in [0.15, 0.2) is 29.2 Å². The van der Waals surface area contributed by atoms with Gasteiger partial charge in [0.05, 0.1) is 11.1 Å². The molecule has 0 aliphatic heterocycles. The van der Waals surface area contributed by atoms with Crippen molar-refractivity contribution in [3.8, 4) is 0 Å². The van der Waals surface area contributed by atoms with Gasteiger partial charge in [-0.3, -0.25) is 4.79 Å². The summed E-state index contributed by atoms with van der Waals surface area (Å²) in [5, 5.41) is 8.69. The summed E-state index contributed by atoms with van der Waals surface area (Å²) in [7, 11) is 0. The van der Waals surface area contributed by atoms with Crippen LogP contribution < -0.4 is 5.43 Å². The first-order valence-corrected chi connectivity index (χ1v) is 5.73. The number of rotatable bonds is 2. The molecule has 0 spiro atoms. The number of carbonyl (C=O) groups is 1. The second kappa shape index (κ2) is 4.66. The van der Waals surface area contributed by atoms with E-state index in [2.05, 4.69) is 0 Å². The number of alkyl halides is 3. The lowest BCUT2D eigenvalue weighted by Crippen LogP contribution is -2.19. The molecule has 0 saturated carbocycles. The fourth-order valence-corrected chi connectivity index (χ4v) is 1.99. The van der Waals surface area contributed by atoms with Crippen LogP contribution in [-0.2, 0) is 12.7 Å². The lowest BCUT2D eigenvalue weighted by atomic mass is 10.1. The van der Waals surface area contributed by atoms with Gasteiger partial charge < -0.3 is 9.67 Å². The number of aryl methyl sites for hydroxylation is 1. The third-order valence-electron chi connectivity index (χ3n) is 2.98. The van der Waals surface area contributed by atoms with Gasteiger partial charge in [-0.2, -0.15) is 13.2 Å². The number of pyridine rings is 1. The second-order valence-corrected chi connectivity index (χ2v) is 4.19. The van der Waals surface area contributed by atoms with Gasteiger partial charge in [-0.05, 0) is 25.1 Å². The molecule has 20 heavy (non-hydrogen) atoms. The normalized spacial score (nSPS) is 11.8. The number of fused-ring (bicyclic) bond motifs is 1. The summed E-state index contributed by atoms with van der Waals surface area (Å²) in [6, 6.07) is 2.74. The van der Waals surface area contributed by atoms with Crippen LogP contribution in [0.25, 0.3) is 10.9 Å². The van der Waals surface area contributed by atoms with E-state index >= 15 is 0 Å². The van der Waals surface area contributed by atoms with Gasteiger partial charge in [0.1, 0.15) is 5.56 Å². The zero-order chi connectivity index (χ0) is 15.1. The van der Waals surface area contributed by atoms with Crippen LogP contribution in [0.1, 0.15) is 22.8 Å². The molecule has 106 valence electrons. The monoisotopic (exact) mass is 285 g/mol. The Morgan fingerprint density at radius 1 is 1.35 bits per heavy atom. The van der Waals surface area contributed by atoms with Crippen molar-refractivity contribution in [1.82, 2.24) is 4.57 Å². The van der Waals surface area contributed by atoms with Crippen LogP contribution in [0.4, 0.5) is 13.2 Å². The maximum atomic E-state index is 12.7. The van der Waals surface area contributed by atoms with Crippen molar-refractivity contribution in [1.29, 1.82) is 0 Å². The van der Waals surface area contributed by atoms with Crippen LogP contribution >= 0.6 is 0 Å². The van der Waals surface area contributed by atoms with Gasteiger partial charge in [-0.15, -0.1) is 0 Å². The van der Waals surface area contributed by atoms with Crippen molar-refractivity contribution in [3.63, 3.8) is 0 Å². The predicted molar refractivity (Wildman–Crippen MR) is 65.8 cm³/mol. The van der Waals surface area contributed by atoms with Gasteiger partial charge in [0, 0.05) is 18.1 Å². The molecular formula is C13H10F3NO3. The molecule has 1 N–H and O–H groups in total. The van der Waals surface area contributed by atoms with Crippen molar-refractivity contribution >= 4 is 16.9 Å². The second-order valence-electron chi connectivity index (χ2n) is 4.19. The first kappa shape index (κ1) is 14.1. The summed E-state index contributed by atoms with van der Waals surface area (Å²) >= 11 is 0. The molecule has 1 aromatic heterocycles. The summed E-state index contributed by atoms with van der Waals surface area (Å²) in [6.45, 7) is 2.04. The summed E-state index contributed by atoms with van der Waals surface area (Å²) in [6.07, 6.45) is -3.45.